The molecule has 3 amide bonds. The zero-order valence-corrected chi connectivity index (χ0v) is 13.0. The maximum atomic E-state index is 12.0. The summed E-state index contributed by atoms with van der Waals surface area (Å²) in [5, 5.41) is 8.59. The minimum absolute atomic E-state index is 0.233. The van der Waals surface area contributed by atoms with E-state index in [4.69, 9.17) is 0 Å². The lowest BCUT2D eigenvalue weighted by Gasteiger charge is -2.30. The third kappa shape index (κ3) is 3.57. The Hall–Kier alpha value is -1.10. The number of amides is 3. The number of fused-ring (bicyclic) bond motifs is 2. The van der Waals surface area contributed by atoms with Crippen LogP contribution in [-0.2, 0) is 4.79 Å². The van der Waals surface area contributed by atoms with E-state index in [9.17, 15) is 9.59 Å². The summed E-state index contributed by atoms with van der Waals surface area (Å²) in [6, 6.07) is -0.0747. The van der Waals surface area contributed by atoms with Crippen LogP contribution in [0.2, 0.25) is 0 Å². The van der Waals surface area contributed by atoms with E-state index in [0.717, 1.165) is 24.7 Å². The Morgan fingerprint density at radius 3 is 2.38 bits per heavy atom. The molecule has 0 radical (unpaired) electrons. The van der Waals surface area contributed by atoms with Crippen LogP contribution >= 0.6 is 0 Å². The molecule has 0 saturated heterocycles. The Morgan fingerprint density at radius 2 is 1.81 bits per heavy atom. The van der Waals surface area contributed by atoms with Crippen LogP contribution in [0.5, 0.6) is 0 Å². The molecule has 3 aliphatic rings. The number of carbonyl (C=O) groups is 2. The van der Waals surface area contributed by atoms with Gasteiger partial charge in [0, 0.05) is 12.1 Å². The van der Waals surface area contributed by atoms with E-state index in [1.807, 2.05) is 6.92 Å². The SMILES string of the molecule is C[C@H](N[C@@H](C)[C@H]1C[C@H]2CC[C@H]1C2)C(=O)NC(=O)NC1CC1. The fraction of sp³-hybridized carbons (Fsp3) is 0.875. The summed E-state index contributed by atoms with van der Waals surface area (Å²) < 4.78 is 0. The standard InChI is InChI=1S/C16H27N3O2/c1-9(14-8-11-3-4-12(14)7-11)17-10(2)15(20)19-16(21)18-13-5-6-13/h9-14,17H,3-8H2,1-2H3,(H2,18,19,20,21)/t9-,10-,11-,12-,14+/m0/s1. The molecule has 3 rings (SSSR count). The van der Waals surface area contributed by atoms with Crippen molar-refractivity contribution in [2.24, 2.45) is 17.8 Å². The number of hydrogen-bond acceptors (Lipinski definition) is 3. The van der Waals surface area contributed by atoms with Crippen LogP contribution in [0.15, 0.2) is 0 Å². The third-order valence-corrected chi connectivity index (χ3v) is 5.49. The summed E-state index contributed by atoms with van der Waals surface area (Å²) in [6.45, 7) is 4.02. The molecule has 0 unspecified atom stereocenters. The van der Waals surface area contributed by atoms with Gasteiger partial charge in [-0.15, -0.1) is 0 Å². The van der Waals surface area contributed by atoms with Crippen molar-refractivity contribution in [3.8, 4) is 0 Å². The highest BCUT2D eigenvalue weighted by Crippen LogP contribution is 2.49. The van der Waals surface area contributed by atoms with Crippen LogP contribution in [0.4, 0.5) is 4.79 Å². The molecular weight excluding hydrogens is 266 g/mol. The molecule has 2 bridgehead atoms. The van der Waals surface area contributed by atoms with Crippen molar-refractivity contribution >= 4 is 11.9 Å². The molecule has 5 heteroatoms. The maximum Gasteiger partial charge on any atom is 0.321 e. The summed E-state index contributed by atoms with van der Waals surface area (Å²) >= 11 is 0. The minimum Gasteiger partial charge on any atom is -0.335 e. The Morgan fingerprint density at radius 1 is 1.05 bits per heavy atom. The Kier molecular flexibility index (Phi) is 4.20. The lowest BCUT2D eigenvalue weighted by Crippen LogP contribution is -2.52. The molecule has 0 aromatic rings. The molecule has 0 heterocycles. The molecule has 3 saturated carbocycles. The van der Waals surface area contributed by atoms with Crippen LogP contribution in [-0.4, -0.2) is 30.1 Å². The van der Waals surface area contributed by atoms with Crippen LogP contribution in [0, 0.1) is 17.8 Å². The van der Waals surface area contributed by atoms with Gasteiger partial charge in [0.1, 0.15) is 0 Å². The fourth-order valence-corrected chi connectivity index (χ4v) is 4.17. The van der Waals surface area contributed by atoms with E-state index >= 15 is 0 Å². The predicted octanol–water partition coefficient (Wildman–Crippen LogP) is 1.78. The van der Waals surface area contributed by atoms with Gasteiger partial charge in [0.05, 0.1) is 6.04 Å². The lowest BCUT2D eigenvalue weighted by atomic mass is 9.84. The Bertz CT molecular complexity index is 422. The largest absolute Gasteiger partial charge is 0.335 e. The zero-order chi connectivity index (χ0) is 15.0. The van der Waals surface area contributed by atoms with E-state index in [1.54, 1.807) is 0 Å². The number of rotatable bonds is 5. The van der Waals surface area contributed by atoms with Crippen molar-refractivity contribution in [2.45, 2.75) is 70.5 Å². The first-order chi connectivity index (χ1) is 10.0. The van der Waals surface area contributed by atoms with Crippen molar-refractivity contribution in [1.82, 2.24) is 16.0 Å². The van der Waals surface area contributed by atoms with Crippen molar-refractivity contribution in [3.63, 3.8) is 0 Å². The molecule has 0 aromatic heterocycles. The van der Waals surface area contributed by atoms with Gasteiger partial charge in [-0.3, -0.25) is 10.1 Å². The second-order valence-corrected chi connectivity index (χ2v) is 7.25. The maximum absolute atomic E-state index is 12.0. The number of carbonyl (C=O) groups excluding carboxylic acids is 2. The van der Waals surface area contributed by atoms with E-state index < -0.39 is 0 Å². The molecule has 118 valence electrons. The van der Waals surface area contributed by atoms with Gasteiger partial charge in [-0.25, -0.2) is 4.79 Å². The number of imide groups is 1. The summed E-state index contributed by atoms with van der Waals surface area (Å²) in [5.74, 6) is 2.21. The molecular formula is C16H27N3O2. The molecule has 0 aliphatic heterocycles. The highest BCUT2D eigenvalue weighted by Gasteiger charge is 2.42. The first-order valence-corrected chi connectivity index (χ1v) is 8.40. The summed E-state index contributed by atoms with van der Waals surface area (Å²) in [4.78, 5) is 23.6. The molecule has 21 heavy (non-hydrogen) atoms. The topological polar surface area (TPSA) is 70.2 Å². The smallest absolute Gasteiger partial charge is 0.321 e. The highest BCUT2D eigenvalue weighted by molar-refractivity contribution is 5.96. The summed E-state index contributed by atoms with van der Waals surface area (Å²) in [7, 11) is 0. The fourth-order valence-electron chi connectivity index (χ4n) is 4.17. The quantitative estimate of drug-likeness (QED) is 0.723. The second-order valence-electron chi connectivity index (χ2n) is 7.25. The van der Waals surface area contributed by atoms with Gasteiger partial charge >= 0.3 is 6.03 Å². The van der Waals surface area contributed by atoms with Crippen molar-refractivity contribution in [1.29, 1.82) is 0 Å². The van der Waals surface area contributed by atoms with Crippen LogP contribution in [0.3, 0.4) is 0 Å². The molecule has 0 spiro atoms. The van der Waals surface area contributed by atoms with Crippen LogP contribution in [0.1, 0.15) is 52.4 Å². The number of nitrogens with one attached hydrogen (secondary N) is 3. The Balaban J connectivity index is 1.42. The van der Waals surface area contributed by atoms with Gasteiger partial charge in [-0.05, 0) is 63.7 Å². The van der Waals surface area contributed by atoms with Gasteiger partial charge in [0.25, 0.3) is 0 Å². The zero-order valence-electron chi connectivity index (χ0n) is 13.0. The van der Waals surface area contributed by atoms with Crippen molar-refractivity contribution in [3.05, 3.63) is 0 Å². The number of urea groups is 1. The molecule has 5 atom stereocenters. The van der Waals surface area contributed by atoms with E-state index in [-0.39, 0.29) is 24.0 Å². The number of hydrogen-bond donors (Lipinski definition) is 3. The Labute approximate surface area is 126 Å². The van der Waals surface area contributed by atoms with Gasteiger partial charge in [0.15, 0.2) is 0 Å². The highest BCUT2D eigenvalue weighted by atomic mass is 16.2. The van der Waals surface area contributed by atoms with Gasteiger partial charge in [-0.2, -0.15) is 0 Å². The first kappa shape index (κ1) is 14.8. The van der Waals surface area contributed by atoms with Crippen molar-refractivity contribution in [2.75, 3.05) is 0 Å². The molecule has 3 fully saturated rings. The monoisotopic (exact) mass is 293 g/mol. The van der Waals surface area contributed by atoms with Crippen LogP contribution < -0.4 is 16.0 Å². The van der Waals surface area contributed by atoms with E-state index in [0.29, 0.717) is 12.0 Å². The lowest BCUT2D eigenvalue weighted by molar-refractivity contribution is -0.121. The van der Waals surface area contributed by atoms with Gasteiger partial charge in [-0.1, -0.05) is 6.42 Å². The molecule has 0 aromatic carbocycles. The minimum atomic E-state index is -0.358. The van der Waals surface area contributed by atoms with Crippen molar-refractivity contribution < 1.29 is 9.59 Å². The molecule has 5 nitrogen and oxygen atoms in total. The summed E-state index contributed by atoms with van der Waals surface area (Å²) in [5.41, 5.74) is 0. The first-order valence-electron chi connectivity index (χ1n) is 8.40. The average molecular weight is 293 g/mol. The van der Waals surface area contributed by atoms with Gasteiger partial charge in [0.2, 0.25) is 5.91 Å². The summed E-state index contributed by atoms with van der Waals surface area (Å²) in [6.07, 6.45) is 7.47. The van der Waals surface area contributed by atoms with Gasteiger partial charge < -0.3 is 10.6 Å². The van der Waals surface area contributed by atoms with E-state index in [2.05, 4.69) is 22.9 Å². The predicted molar refractivity (Wildman–Crippen MR) is 80.7 cm³/mol. The average Bonchev–Trinajstić information content (AvgIpc) is 3.00. The van der Waals surface area contributed by atoms with E-state index in [1.165, 1.54) is 25.7 Å². The van der Waals surface area contributed by atoms with Crippen LogP contribution in [0.25, 0.3) is 0 Å². The second kappa shape index (κ2) is 5.95. The molecule has 3 N–H and O–H groups in total. The third-order valence-electron chi connectivity index (χ3n) is 5.49. The normalized spacial score (nSPS) is 33.5. The molecule has 3 aliphatic carbocycles.